The summed E-state index contributed by atoms with van der Waals surface area (Å²) in [4.78, 5) is 11.0. The first kappa shape index (κ1) is 12.7. The number of alkyl halides is 3. The van der Waals surface area contributed by atoms with E-state index in [1.165, 1.54) is 0 Å². The first-order valence-electron chi connectivity index (χ1n) is 4.92. The fraction of sp³-hybridized carbons (Fsp3) is 0.889. The Morgan fingerprint density at radius 1 is 1.47 bits per heavy atom. The predicted octanol–water partition coefficient (Wildman–Crippen LogP) is 2.34. The second-order valence-electron chi connectivity index (χ2n) is 3.55. The molecule has 1 amide bonds. The van der Waals surface area contributed by atoms with Crippen LogP contribution in [0.15, 0.2) is 0 Å². The van der Waals surface area contributed by atoms with Gasteiger partial charge in [-0.05, 0) is 18.6 Å². The van der Waals surface area contributed by atoms with E-state index in [4.69, 9.17) is 0 Å². The number of amides is 1. The molecule has 0 radical (unpaired) electrons. The topological polar surface area (TPSA) is 29.1 Å². The highest BCUT2D eigenvalue weighted by Gasteiger charge is 2.28. The van der Waals surface area contributed by atoms with Crippen molar-refractivity contribution in [1.82, 2.24) is 5.32 Å². The molecule has 1 rings (SSSR count). The van der Waals surface area contributed by atoms with Gasteiger partial charge in [-0.25, -0.2) is 0 Å². The quantitative estimate of drug-likeness (QED) is 0.818. The largest absolute Gasteiger partial charge is 0.389 e. The predicted molar refractivity (Wildman–Crippen MR) is 53.8 cm³/mol. The number of thioether (sulfide) groups is 1. The Bertz CT molecular complexity index is 214. The molecule has 0 aromatic heterocycles. The molecule has 6 heteroatoms. The van der Waals surface area contributed by atoms with Crippen LogP contribution in [-0.2, 0) is 4.79 Å². The fourth-order valence-corrected chi connectivity index (χ4v) is 2.58. The van der Waals surface area contributed by atoms with Crippen LogP contribution in [0.2, 0.25) is 0 Å². The molecule has 0 spiro atoms. The van der Waals surface area contributed by atoms with Gasteiger partial charge in [0.25, 0.3) is 0 Å². The zero-order chi connectivity index (χ0) is 11.3. The number of carbonyl (C=O) groups is 1. The van der Waals surface area contributed by atoms with Crippen molar-refractivity contribution < 1.29 is 18.0 Å². The third-order valence-corrected chi connectivity index (χ3v) is 3.58. The van der Waals surface area contributed by atoms with E-state index in [1.807, 2.05) is 0 Å². The highest BCUT2D eigenvalue weighted by Crippen LogP contribution is 2.25. The summed E-state index contributed by atoms with van der Waals surface area (Å²) in [6.45, 7) is 0.501. The summed E-state index contributed by atoms with van der Waals surface area (Å²) < 4.78 is 35.3. The van der Waals surface area contributed by atoms with Gasteiger partial charge in [-0.1, -0.05) is 0 Å². The maximum absolute atomic E-state index is 11.8. The second-order valence-corrected chi connectivity index (χ2v) is 4.96. The zero-order valence-corrected chi connectivity index (χ0v) is 9.09. The van der Waals surface area contributed by atoms with Gasteiger partial charge in [0.2, 0.25) is 5.91 Å². The molecule has 0 aromatic rings. The molecule has 1 saturated heterocycles. The van der Waals surface area contributed by atoms with Gasteiger partial charge in [0, 0.05) is 18.2 Å². The maximum Gasteiger partial charge on any atom is 0.389 e. The SMILES string of the molecule is O=C(CCC(F)(F)F)NC[C@H]1CCCS1. The van der Waals surface area contributed by atoms with E-state index in [2.05, 4.69) is 5.32 Å². The Kier molecular flexibility index (Phi) is 4.76. The minimum atomic E-state index is -4.24. The zero-order valence-electron chi connectivity index (χ0n) is 8.27. The van der Waals surface area contributed by atoms with Crippen LogP contribution in [0.3, 0.4) is 0 Å². The molecule has 1 aliphatic rings. The van der Waals surface area contributed by atoms with Gasteiger partial charge in [0.15, 0.2) is 0 Å². The lowest BCUT2D eigenvalue weighted by atomic mass is 10.2. The van der Waals surface area contributed by atoms with Gasteiger partial charge in [-0.3, -0.25) is 4.79 Å². The van der Waals surface area contributed by atoms with Crippen LogP contribution in [0.4, 0.5) is 13.2 Å². The highest BCUT2D eigenvalue weighted by molar-refractivity contribution is 8.00. The molecule has 0 unspecified atom stereocenters. The molecule has 1 N–H and O–H groups in total. The average Bonchev–Trinajstić information content (AvgIpc) is 2.62. The van der Waals surface area contributed by atoms with E-state index >= 15 is 0 Å². The Labute approximate surface area is 91.0 Å². The molecule has 1 heterocycles. The minimum Gasteiger partial charge on any atom is -0.355 e. The number of rotatable bonds is 4. The van der Waals surface area contributed by atoms with Crippen LogP contribution in [-0.4, -0.2) is 29.6 Å². The van der Waals surface area contributed by atoms with Gasteiger partial charge >= 0.3 is 6.18 Å². The van der Waals surface area contributed by atoms with Crippen LogP contribution in [0.25, 0.3) is 0 Å². The molecule has 15 heavy (non-hydrogen) atoms. The summed E-state index contributed by atoms with van der Waals surface area (Å²) in [5.41, 5.74) is 0. The van der Waals surface area contributed by atoms with Crippen molar-refractivity contribution in [1.29, 1.82) is 0 Å². The highest BCUT2D eigenvalue weighted by atomic mass is 32.2. The van der Waals surface area contributed by atoms with Crippen LogP contribution in [0.1, 0.15) is 25.7 Å². The molecule has 1 fully saturated rings. The molecular weight excluding hydrogens is 227 g/mol. The molecule has 2 nitrogen and oxygen atoms in total. The van der Waals surface area contributed by atoms with Gasteiger partial charge in [0.05, 0.1) is 6.42 Å². The smallest absolute Gasteiger partial charge is 0.355 e. The van der Waals surface area contributed by atoms with Gasteiger partial charge in [0.1, 0.15) is 0 Å². The number of hydrogen-bond donors (Lipinski definition) is 1. The van der Waals surface area contributed by atoms with E-state index in [0.29, 0.717) is 11.8 Å². The molecule has 1 atom stereocenters. The van der Waals surface area contributed by atoms with Crippen molar-refractivity contribution in [2.24, 2.45) is 0 Å². The Morgan fingerprint density at radius 3 is 2.73 bits per heavy atom. The van der Waals surface area contributed by atoms with Crippen LogP contribution < -0.4 is 5.32 Å². The summed E-state index contributed by atoms with van der Waals surface area (Å²) in [6.07, 6.45) is -3.55. The van der Waals surface area contributed by atoms with E-state index in [9.17, 15) is 18.0 Å². The standard InChI is InChI=1S/C9H14F3NOS/c10-9(11,12)4-3-8(14)13-6-7-2-1-5-15-7/h7H,1-6H2,(H,13,14)/t7-/m1/s1. The normalized spacial score (nSPS) is 21.7. The Balaban J connectivity index is 2.08. The van der Waals surface area contributed by atoms with E-state index in [1.54, 1.807) is 11.8 Å². The molecule has 0 bridgehead atoms. The molecule has 0 saturated carbocycles. The summed E-state index contributed by atoms with van der Waals surface area (Å²) in [5.74, 6) is 0.586. The summed E-state index contributed by atoms with van der Waals surface area (Å²) in [7, 11) is 0. The van der Waals surface area contributed by atoms with E-state index in [0.717, 1.165) is 18.6 Å². The van der Waals surface area contributed by atoms with Crippen molar-refractivity contribution in [2.45, 2.75) is 37.1 Å². The Morgan fingerprint density at radius 2 is 2.20 bits per heavy atom. The van der Waals surface area contributed by atoms with Crippen molar-refractivity contribution in [3.8, 4) is 0 Å². The van der Waals surface area contributed by atoms with Gasteiger partial charge in [-0.2, -0.15) is 24.9 Å². The Hall–Kier alpha value is -0.390. The van der Waals surface area contributed by atoms with Crippen molar-refractivity contribution in [3.05, 3.63) is 0 Å². The number of halogens is 3. The number of carbonyl (C=O) groups excluding carboxylic acids is 1. The first-order valence-corrected chi connectivity index (χ1v) is 5.97. The van der Waals surface area contributed by atoms with Crippen LogP contribution in [0, 0.1) is 0 Å². The van der Waals surface area contributed by atoms with E-state index < -0.39 is 24.9 Å². The van der Waals surface area contributed by atoms with Gasteiger partial charge < -0.3 is 5.32 Å². The van der Waals surface area contributed by atoms with Crippen molar-refractivity contribution >= 4 is 17.7 Å². The second kappa shape index (κ2) is 5.63. The summed E-state index contributed by atoms with van der Waals surface area (Å²) in [5, 5.41) is 2.93. The lowest BCUT2D eigenvalue weighted by molar-refractivity contribution is -0.144. The number of hydrogen-bond acceptors (Lipinski definition) is 2. The number of nitrogens with one attached hydrogen (secondary N) is 1. The monoisotopic (exact) mass is 241 g/mol. The van der Waals surface area contributed by atoms with Crippen LogP contribution in [0.5, 0.6) is 0 Å². The molecule has 0 aliphatic carbocycles. The molecule has 1 aliphatic heterocycles. The fourth-order valence-electron chi connectivity index (χ4n) is 1.38. The summed E-state index contributed by atoms with van der Waals surface area (Å²) >= 11 is 1.77. The van der Waals surface area contributed by atoms with Gasteiger partial charge in [-0.15, -0.1) is 0 Å². The first-order chi connectivity index (χ1) is 6.97. The van der Waals surface area contributed by atoms with Crippen LogP contribution >= 0.6 is 11.8 Å². The third-order valence-electron chi connectivity index (χ3n) is 2.19. The molecule has 88 valence electrons. The summed E-state index contributed by atoms with van der Waals surface area (Å²) in [6, 6.07) is 0. The van der Waals surface area contributed by atoms with Crippen molar-refractivity contribution in [3.63, 3.8) is 0 Å². The van der Waals surface area contributed by atoms with E-state index in [-0.39, 0.29) is 0 Å². The lowest BCUT2D eigenvalue weighted by Crippen LogP contribution is -2.30. The molecular formula is C9H14F3NOS. The maximum atomic E-state index is 11.8. The minimum absolute atomic E-state index is 0.389. The third kappa shape index (κ3) is 5.92. The van der Waals surface area contributed by atoms with Crippen molar-refractivity contribution in [2.75, 3.05) is 12.3 Å². The molecule has 0 aromatic carbocycles. The average molecular weight is 241 g/mol. The lowest BCUT2D eigenvalue weighted by Gasteiger charge is -2.10.